The van der Waals surface area contributed by atoms with Crippen molar-refractivity contribution >= 4 is 17.7 Å². The number of rotatable bonds is 5. The molecule has 2 fully saturated rings. The summed E-state index contributed by atoms with van der Waals surface area (Å²) in [4.78, 5) is 30.5. The number of hydrogen-bond acceptors (Lipinski definition) is 4. The summed E-state index contributed by atoms with van der Waals surface area (Å²) in [6.07, 6.45) is 8.02. The molecule has 6 nitrogen and oxygen atoms in total. The van der Waals surface area contributed by atoms with Crippen LogP contribution < -0.4 is 5.32 Å². The van der Waals surface area contributed by atoms with E-state index < -0.39 is 5.97 Å². The average molecular weight is 386 g/mol. The summed E-state index contributed by atoms with van der Waals surface area (Å²) in [5.74, 6) is 1.37. The van der Waals surface area contributed by atoms with E-state index >= 15 is 0 Å². The lowest BCUT2D eigenvalue weighted by molar-refractivity contribution is -0.139. The molecule has 1 unspecified atom stereocenters. The molecule has 6 heteroatoms. The summed E-state index contributed by atoms with van der Waals surface area (Å²) in [5, 5.41) is 12.4. The predicted molar refractivity (Wildman–Crippen MR) is 107 cm³/mol. The van der Waals surface area contributed by atoms with Gasteiger partial charge in [0.25, 0.3) is 0 Å². The van der Waals surface area contributed by atoms with Gasteiger partial charge in [-0.3, -0.25) is 9.59 Å². The third kappa shape index (κ3) is 4.47. The monoisotopic (exact) mass is 385 g/mol. The van der Waals surface area contributed by atoms with Gasteiger partial charge in [0.15, 0.2) is 0 Å². The van der Waals surface area contributed by atoms with Crippen LogP contribution in [0.1, 0.15) is 56.2 Å². The van der Waals surface area contributed by atoms with Gasteiger partial charge < -0.3 is 15.3 Å². The Hall–Kier alpha value is -2.11. The number of nitrogens with zero attached hydrogens (tertiary/aromatic N) is 2. The lowest BCUT2D eigenvalue weighted by Gasteiger charge is -2.33. The maximum Gasteiger partial charge on any atom is 0.303 e. The molecule has 3 heterocycles. The van der Waals surface area contributed by atoms with Crippen molar-refractivity contribution < 1.29 is 14.7 Å². The van der Waals surface area contributed by atoms with Crippen LogP contribution in [0.2, 0.25) is 0 Å². The second kappa shape index (κ2) is 8.50. The first kappa shape index (κ1) is 19.2. The van der Waals surface area contributed by atoms with Crippen molar-refractivity contribution in [2.24, 2.45) is 17.8 Å². The minimum absolute atomic E-state index is 0.0364. The van der Waals surface area contributed by atoms with Crippen LogP contribution in [-0.2, 0) is 22.4 Å². The molecular weight excluding hydrogens is 354 g/mol. The number of nitrogens with one attached hydrogen (secondary N) is 1. The van der Waals surface area contributed by atoms with Gasteiger partial charge in [-0.05, 0) is 74.8 Å². The smallest absolute Gasteiger partial charge is 0.303 e. The third-order valence-corrected chi connectivity index (χ3v) is 6.73. The number of amides is 1. The van der Waals surface area contributed by atoms with E-state index in [0.717, 1.165) is 76.1 Å². The number of fused-ring (bicyclic) bond motifs is 1. The molecule has 0 spiro atoms. The van der Waals surface area contributed by atoms with Crippen molar-refractivity contribution in [1.82, 2.24) is 9.88 Å². The number of carbonyl (C=O) groups excluding carboxylic acids is 1. The summed E-state index contributed by atoms with van der Waals surface area (Å²) in [7, 11) is 0. The van der Waals surface area contributed by atoms with E-state index in [4.69, 9.17) is 10.1 Å². The van der Waals surface area contributed by atoms with Crippen LogP contribution in [0.15, 0.2) is 12.1 Å². The zero-order valence-electron chi connectivity index (χ0n) is 16.5. The number of piperidine rings is 1. The number of carboxylic acids is 1. The van der Waals surface area contributed by atoms with Crippen molar-refractivity contribution in [2.45, 2.75) is 57.8 Å². The molecule has 1 aromatic rings. The number of hydrogen-bond donors (Lipinski definition) is 2. The number of likely N-dealkylation sites (tertiary alicyclic amines) is 1. The highest BCUT2D eigenvalue weighted by Gasteiger charge is 2.34. The first-order valence-electron chi connectivity index (χ1n) is 10.8. The Morgan fingerprint density at radius 3 is 2.75 bits per heavy atom. The minimum Gasteiger partial charge on any atom is -0.481 e. The van der Waals surface area contributed by atoms with Gasteiger partial charge in [0, 0.05) is 37.7 Å². The molecule has 2 aliphatic heterocycles. The number of carboxylic acid groups (broad SMARTS) is 1. The average Bonchev–Trinajstić information content (AvgIpc) is 3.16. The molecule has 1 aliphatic carbocycles. The molecule has 1 saturated carbocycles. The fourth-order valence-corrected chi connectivity index (χ4v) is 5.13. The van der Waals surface area contributed by atoms with E-state index in [0.29, 0.717) is 5.92 Å². The molecule has 4 rings (SSSR count). The highest BCUT2D eigenvalue weighted by Crippen LogP contribution is 2.35. The van der Waals surface area contributed by atoms with Crippen LogP contribution >= 0.6 is 0 Å². The maximum absolute atomic E-state index is 12.8. The molecule has 2 N–H and O–H groups in total. The molecule has 2 atom stereocenters. The first-order valence-corrected chi connectivity index (χ1v) is 10.8. The zero-order chi connectivity index (χ0) is 19.5. The van der Waals surface area contributed by atoms with Crippen LogP contribution in [0.25, 0.3) is 0 Å². The summed E-state index contributed by atoms with van der Waals surface area (Å²) in [6, 6.07) is 4.39. The van der Waals surface area contributed by atoms with Crippen LogP contribution in [0.3, 0.4) is 0 Å². The largest absolute Gasteiger partial charge is 0.481 e. The maximum atomic E-state index is 12.8. The van der Waals surface area contributed by atoms with Gasteiger partial charge in [0.05, 0.1) is 0 Å². The van der Waals surface area contributed by atoms with Crippen LogP contribution in [0.4, 0.5) is 5.82 Å². The molecule has 0 aromatic carbocycles. The van der Waals surface area contributed by atoms with Gasteiger partial charge in [-0.1, -0.05) is 6.07 Å². The Kier molecular flexibility index (Phi) is 5.83. The Balaban J connectivity index is 1.25. The SMILES string of the molecule is O=C(O)CC1CC[C@H](C(=O)N2CCC(Cc3ccc4c(n3)NCCC4)CC2)C1. The molecule has 1 aromatic heterocycles. The predicted octanol–water partition coefficient (Wildman–Crippen LogP) is 3.11. The van der Waals surface area contributed by atoms with Gasteiger partial charge in [0.1, 0.15) is 5.82 Å². The molecule has 1 amide bonds. The molecule has 1 saturated heterocycles. The van der Waals surface area contributed by atoms with Gasteiger partial charge in [0.2, 0.25) is 5.91 Å². The summed E-state index contributed by atoms with van der Waals surface area (Å²) in [5.41, 5.74) is 2.48. The van der Waals surface area contributed by atoms with Gasteiger partial charge >= 0.3 is 5.97 Å². The number of anilines is 1. The molecule has 28 heavy (non-hydrogen) atoms. The quantitative estimate of drug-likeness (QED) is 0.814. The summed E-state index contributed by atoms with van der Waals surface area (Å²) >= 11 is 0. The number of aliphatic carboxylic acids is 1. The Labute approximate surface area is 166 Å². The van der Waals surface area contributed by atoms with E-state index in [1.807, 2.05) is 4.90 Å². The van der Waals surface area contributed by atoms with E-state index in [1.165, 1.54) is 12.0 Å². The number of aryl methyl sites for hydroxylation is 1. The van der Waals surface area contributed by atoms with Crippen LogP contribution in [0.5, 0.6) is 0 Å². The fraction of sp³-hybridized carbons (Fsp3) is 0.682. The Morgan fingerprint density at radius 2 is 1.96 bits per heavy atom. The molecular formula is C22H31N3O3. The lowest BCUT2D eigenvalue weighted by Crippen LogP contribution is -2.41. The van der Waals surface area contributed by atoms with Gasteiger partial charge in [-0.2, -0.15) is 0 Å². The highest BCUT2D eigenvalue weighted by atomic mass is 16.4. The third-order valence-electron chi connectivity index (χ3n) is 6.73. The van der Waals surface area contributed by atoms with Crippen LogP contribution in [-0.4, -0.2) is 46.5 Å². The topological polar surface area (TPSA) is 82.5 Å². The number of pyridine rings is 1. The van der Waals surface area contributed by atoms with Crippen molar-refractivity contribution in [3.05, 3.63) is 23.4 Å². The van der Waals surface area contributed by atoms with Crippen molar-refractivity contribution in [2.75, 3.05) is 25.0 Å². The van der Waals surface area contributed by atoms with Crippen LogP contribution in [0, 0.1) is 17.8 Å². The lowest BCUT2D eigenvalue weighted by atomic mass is 9.90. The Morgan fingerprint density at radius 1 is 1.14 bits per heavy atom. The standard InChI is InChI=1S/C22H31N3O3/c26-20(27)14-16-3-4-18(12-16)22(28)25-10-7-15(8-11-25)13-19-6-5-17-2-1-9-23-21(17)24-19/h5-6,15-16,18H,1-4,7-14H2,(H,23,24)(H,26,27)/t16?,18-/m0/s1. The number of aromatic nitrogens is 1. The van der Waals surface area contributed by atoms with E-state index in [-0.39, 0.29) is 24.2 Å². The Bertz CT molecular complexity index is 728. The first-order chi connectivity index (χ1) is 13.6. The van der Waals surface area contributed by atoms with Crippen molar-refractivity contribution in [3.8, 4) is 0 Å². The molecule has 0 bridgehead atoms. The van der Waals surface area contributed by atoms with Crippen molar-refractivity contribution in [3.63, 3.8) is 0 Å². The van der Waals surface area contributed by atoms with E-state index in [9.17, 15) is 9.59 Å². The number of carbonyl (C=O) groups is 2. The van der Waals surface area contributed by atoms with Gasteiger partial charge in [-0.15, -0.1) is 0 Å². The fourth-order valence-electron chi connectivity index (χ4n) is 5.13. The summed E-state index contributed by atoms with van der Waals surface area (Å²) < 4.78 is 0. The summed E-state index contributed by atoms with van der Waals surface area (Å²) in [6.45, 7) is 2.66. The molecule has 3 aliphatic rings. The second-order valence-corrected chi connectivity index (χ2v) is 8.79. The van der Waals surface area contributed by atoms with Gasteiger partial charge in [-0.25, -0.2) is 4.98 Å². The van der Waals surface area contributed by atoms with E-state index in [1.54, 1.807) is 0 Å². The zero-order valence-corrected chi connectivity index (χ0v) is 16.5. The second-order valence-electron chi connectivity index (χ2n) is 8.79. The highest BCUT2D eigenvalue weighted by molar-refractivity contribution is 5.79. The van der Waals surface area contributed by atoms with Crippen molar-refractivity contribution in [1.29, 1.82) is 0 Å². The minimum atomic E-state index is -0.745. The normalized spacial score (nSPS) is 25.2. The molecule has 0 radical (unpaired) electrons. The van der Waals surface area contributed by atoms with E-state index in [2.05, 4.69) is 17.4 Å². The molecule has 152 valence electrons.